The van der Waals surface area contributed by atoms with Crippen molar-refractivity contribution in [1.82, 2.24) is 0 Å². The van der Waals surface area contributed by atoms with Crippen LogP contribution in [0.2, 0.25) is 0 Å². The molecule has 0 radical (unpaired) electrons. The van der Waals surface area contributed by atoms with Gasteiger partial charge in [-0.05, 0) is 52.9 Å². The van der Waals surface area contributed by atoms with Gasteiger partial charge in [-0.2, -0.15) is 0 Å². The van der Waals surface area contributed by atoms with Gasteiger partial charge >= 0.3 is 5.97 Å². The minimum atomic E-state index is -0.893. The number of hydrogen-bond donors (Lipinski definition) is 1. The van der Waals surface area contributed by atoms with Crippen molar-refractivity contribution in [1.29, 1.82) is 0 Å². The van der Waals surface area contributed by atoms with Crippen molar-refractivity contribution in [3.8, 4) is 0 Å². The van der Waals surface area contributed by atoms with Gasteiger partial charge in [0.1, 0.15) is 0 Å². The predicted octanol–water partition coefficient (Wildman–Crippen LogP) is 3.38. The first-order chi connectivity index (χ1) is 8.08. The van der Waals surface area contributed by atoms with Crippen molar-refractivity contribution in [2.75, 3.05) is 18.0 Å². The second-order valence-electron chi connectivity index (χ2n) is 4.66. The first-order valence-corrected chi connectivity index (χ1v) is 6.65. The van der Waals surface area contributed by atoms with Gasteiger partial charge in [0.2, 0.25) is 0 Å². The molecule has 17 heavy (non-hydrogen) atoms. The molecule has 0 bridgehead atoms. The Bertz CT molecular complexity index is 433. The van der Waals surface area contributed by atoms with Gasteiger partial charge in [-0.3, -0.25) is 0 Å². The molecular formula is C13H16BrNO2. The predicted molar refractivity (Wildman–Crippen MR) is 71.7 cm³/mol. The fourth-order valence-electron chi connectivity index (χ4n) is 2.30. The van der Waals surface area contributed by atoms with Gasteiger partial charge in [0.15, 0.2) is 0 Å². The van der Waals surface area contributed by atoms with Gasteiger partial charge in [0.05, 0.1) is 5.56 Å². The normalized spacial score (nSPS) is 20.4. The third kappa shape index (κ3) is 2.80. The summed E-state index contributed by atoms with van der Waals surface area (Å²) in [5, 5.41) is 8.97. The summed E-state index contributed by atoms with van der Waals surface area (Å²) in [4.78, 5) is 13.2. The number of rotatable bonds is 2. The molecule has 2 rings (SSSR count). The van der Waals surface area contributed by atoms with Crippen LogP contribution >= 0.6 is 15.9 Å². The average Bonchev–Trinajstić information content (AvgIpc) is 2.28. The molecule has 3 nitrogen and oxygen atoms in total. The van der Waals surface area contributed by atoms with E-state index in [0.29, 0.717) is 16.0 Å². The number of carbonyl (C=O) groups is 1. The zero-order chi connectivity index (χ0) is 12.4. The van der Waals surface area contributed by atoms with Gasteiger partial charge in [0, 0.05) is 23.2 Å². The molecule has 1 fully saturated rings. The molecule has 1 atom stereocenters. The van der Waals surface area contributed by atoms with Gasteiger partial charge in [0.25, 0.3) is 0 Å². The molecule has 1 unspecified atom stereocenters. The molecule has 1 saturated heterocycles. The number of carboxylic acid groups (broad SMARTS) is 1. The molecule has 1 aliphatic rings. The Morgan fingerprint density at radius 2 is 2.29 bits per heavy atom. The average molecular weight is 298 g/mol. The van der Waals surface area contributed by atoms with Crippen LogP contribution in [0.15, 0.2) is 22.7 Å². The summed E-state index contributed by atoms with van der Waals surface area (Å²) in [6.07, 6.45) is 2.49. The lowest BCUT2D eigenvalue weighted by Gasteiger charge is -2.33. The fourth-order valence-corrected chi connectivity index (χ4v) is 2.83. The minimum Gasteiger partial charge on any atom is -0.478 e. The quantitative estimate of drug-likeness (QED) is 0.910. The molecule has 0 spiro atoms. The molecule has 4 heteroatoms. The van der Waals surface area contributed by atoms with Crippen LogP contribution in [0.1, 0.15) is 30.1 Å². The van der Waals surface area contributed by atoms with Crippen LogP contribution in [0, 0.1) is 5.92 Å². The minimum absolute atomic E-state index is 0.318. The Hall–Kier alpha value is -1.03. The number of benzene rings is 1. The largest absolute Gasteiger partial charge is 0.478 e. The molecule has 1 aliphatic heterocycles. The zero-order valence-electron chi connectivity index (χ0n) is 9.82. The highest BCUT2D eigenvalue weighted by Gasteiger charge is 2.18. The highest BCUT2D eigenvalue weighted by Crippen LogP contribution is 2.27. The van der Waals surface area contributed by atoms with Crippen LogP contribution in [-0.2, 0) is 0 Å². The van der Waals surface area contributed by atoms with Crippen molar-refractivity contribution >= 4 is 27.6 Å². The van der Waals surface area contributed by atoms with Crippen LogP contribution < -0.4 is 4.90 Å². The summed E-state index contributed by atoms with van der Waals surface area (Å²) < 4.78 is 0.653. The first-order valence-electron chi connectivity index (χ1n) is 5.85. The smallest absolute Gasteiger partial charge is 0.336 e. The van der Waals surface area contributed by atoms with Crippen molar-refractivity contribution in [3.05, 3.63) is 28.2 Å². The Labute approximate surface area is 110 Å². The highest BCUT2D eigenvalue weighted by molar-refractivity contribution is 9.10. The maximum atomic E-state index is 10.9. The van der Waals surface area contributed by atoms with Crippen LogP contribution in [0.25, 0.3) is 0 Å². The van der Waals surface area contributed by atoms with E-state index in [1.54, 1.807) is 6.07 Å². The SMILES string of the molecule is CC1CCCN(c2ccc(C(=O)O)c(Br)c2)C1. The van der Waals surface area contributed by atoms with Crippen molar-refractivity contribution in [3.63, 3.8) is 0 Å². The van der Waals surface area contributed by atoms with E-state index in [9.17, 15) is 4.79 Å². The maximum Gasteiger partial charge on any atom is 0.336 e. The molecule has 1 aromatic rings. The lowest BCUT2D eigenvalue weighted by atomic mass is 9.99. The molecule has 92 valence electrons. The van der Waals surface area contributed by atoms with Crippen LogP contribution in [0.5, 0.6) is 0 Å². The molecule has 0 aromatic heterocycles. The van der Waals surface area contributed by atoms with E-state index in [4.69, 9.17) is 5.11 Å². The zero-order valence-corrected chi connectivity index (χ0v) is 11.4. The van der Waals surface area contributed by atoms with E-state index >= 15 is 0 Å². The number of anilines is 1. The topological polar surface area (TPSA) is 40.5 Å². The summed E-state index contributed by atoms with van der Waals surface area (Å²) in [5.41, 5.74) is 1.42. The Kier molecular flexibility index (Phi) is 3.72. The lowest BCUT2D eigenvalue weighted by molar-refractivity contribution is 0.0696. The molecule has 0 saturated carbocycles. The van der Waals surface area contributed by atoms with E-state index in [-0.39, 0.29) is 0 Å². The first kappa shape index (κ1) is 12.4. The molecule has 1 aromatic carbocycles. The summed E-state index contributed by atoms with van der Waals surface area (Å²) in [7, 11) is 0. The van der Waals surface area contributed by atoms with E-state index in [1.165, 1.54) is 12.8 Å². The van der Waals surface area contributed by atoms with E-state index in [1.807, 2.05) is 12.1 Å². The third-order valence-electron chi connectivity index (χ3n) is 3.21. The molecule has 1 heterocycles. The number of halogens is 1. The molecule has 1 N–H and O–H groups in total. The van der Waals surface area contributed by atoms with E-state index in [2.05, 4.69) is 27.8 Å². The Morgan fingerprint density at radius 1 is 1.53 bits per heavy atom. The summed E-state index contributed by atoms with van der Waals surface area (Å²) in [5.74, 6) is -0.183. The van der Waals surface area contributed by atoms with Gasteiger partial charge < -0.3 is 10.0 Å². The second kappa shape index (κ2) is 5.08. The van der Waals surface area contributed by atoms with Gasteiger partial charge in [-0.1, -0.05) is 6.92 Å². The molecule has 0 amide bonds. The van der Waals surface area contributed by atoms with Crippen molar-refractivity contribution in [2.24, 2.45) is 5.92 Å². The number of carboxylic acids is 1. The number of aromatic carboxylic acids is 1. The molecule has 0 aliphatic carbocycles. The van der Waals surface area contributed by atoms with Crippen molar-refractivity contribution in [2.45, 2.75) is 19.8 Å². The summed E-state index contributed by atoms with van der Waals surface area (Å²) in [6.45, 7) is 4.37. The van der Waals surface area contributed by atoms with Crippen LogP contribution in [0.3, 0.4) is 0 Å². The standard InChI is InChI=1S/C13H16BrNO2/c1-9-3-2-6-15(8-9)10-4-5-11(13(16)17)12(14)7-10/h4-5,7,9H,2-3,6,8H2,1H3,(H,16,17). The second-order valence-corrected chi connectivity index (χ2v) is 5.52. The number of piperidine rings is 1. The monoisotopic (exact) mass is 297 g/mol. The molecular weight excluding hydrogens is 282 g/mol. The van der Waals surface area contributed by atoms with Crippen LogP contribution in [0.4, 0.5) is 5.69 Å². The van der Waals surface area contributed by atoms with Gasteiger partial charge in [-0.15, -0.1) is 0 Å². The van der Waals surface area contributed by atoms with Crippen LogP contribution in [-0.4, -0.2) is 24.2 Å². The number of hydrogen-bond acceptors (Lipinski definition) is 2. The highest BCUT2D eigenvalue weighted by atomic mass is 79.9. The number of nitrogens with zero attached hydrogens (tertiary/aromatic N) is 1. The van der Waals surface area contributed by atoms with E-state index in [0.717, 1.165) is 18.8 Å². The summed E-state index contributed by atoms with van der Waals surface area (Å²) in [6, 6.07) is 5.47. The fraction of sp³-hybridized carbons (Fsp3) is 0.462. The Balaban J connectivity index is 2.22. The third-order valence-corrected chi connectivity index (χ3v) is 3.86. The Morgan fingerprint density at radius 3 is 2.88 bits per heavy atom. The maximum absolute atomic E-state index is 10.9. The lowest BCUT2D eigenvalue weighted by Crippen LogP contribution is -2.34. The van der Waals surface area contributed by atoms with Crippen molar-refractivity contribution < 1.29 is 9.90 Å². The van der Waals surface area contributed by atoms with Gasteiger partial charge in [-0.25, -0.2) is 4.79 Å². The van der Waals surface area contributed by atoms with E-state index < -0.39 is 5.97 Å². The summed E-state index contributed by atoms with van der Waals surface area (Å²) >= 11 is 3.32.